The highest BCUT2D eigenvalue weighted by molar-refractivity contribution is 7.99. The van der Waals surface area contributed by atoms with Crippen LogP contribution in [-0.2, 0) is 0 Å². The molecule has 0 amide bonds. The van der Waals surface area contributed by atoms with E-state index in [9.17, 15) is 0 Å². The maximum atomic E-state index is 4.12. The minimum atomic E-state index is 1.04. The fraction of sp³-hybridized carbons (Fsp3) is 0.556. The van der Waals surface area contributed by atoms with Crippen LogP contribution in [0.1, 0.15) is 13.3 Å². The van der Waals surface area contributed by atoms with E-state index < -0.39 is 0 Å². The van der Waals surface area contributed by atoms with E-state index in [1.807, 2.05) is 6.07 Å². The zero-order valence-electron chi connectivity index (χ0n) is 7.86. The first-order chi connectivity index (χ1) is 6.43. The van der Waals surface area contributed by atoms with Crippen LogP contribution in [0.2, 0.25) is 0 Å². The zero-order valence-corrected chi connectivity index (χ0v) is 8.68. The first kappa shape index (κ1) is 10.5. The summed E-state index contributed by atoms with van der Waals surface area (Å²) < 4.78 is 0. The van der Waals surface area contributed by atoms with Crippen LogP contribution < -0.4 is 5.32 Å². The Labute approximate surface area is 83.4 Å². The van der Waals surface area contributed by atoms with E-state index >= 15 is 0 Å². The lowest BCUT2D eigenvalue weighted by molar-refractivity contribution is 0.707. The summed E-state index contributed by atoms with van der Waals surface area (Å²) in [5.74, 6) is 1.07. The maximum absolute atomic E-state index is 4.12. The van der Waals surface area contributed by atoms with Gasteiger partial charge in [-0.15, -0.1) is 11.8 Å². The molecule has 0 aliphatic rings. The molecule has 3 nitrogen and oxygen atoms in total. The van der Waals surface area contributed by atoms with Gasteiger partial charge in [0.05, 0.1) is 5.03 Å². The highest BCUT2D eigenvalue weighted by Gasteiger charge is 1.92. The average Bonchev–Trinajstić information content (AvgIpc) is 2.19. The Hall–Kier alpha value is -0.610. The second-order valence-electron chi connectivity index (χ2n) is 2.65. The van der Waals surface area contributed by atoms with Crippen molar-refractivity contribution in [3.63, 3.8) is 0 Å². The van der Waals surface area contributed by atoms with Crippen molar-refractivity contribution in [3.8, 4) is 0 Å². The van der Waals surface area contributed by atoms with Gasteiger partial charge in [-0.05, 0) is 19.0 Å². The van der Waals surface area contributed by atoms with E-state index in [0.717, 1.165) is 23.9 Å². The highest BCUT2D eigenvalue weighted by atomic mass is 32.2. The SMILES string of the molecule is CCCNCCSc1ccncn1. The van der Waals surface area contributed by atoms with Crippen LogP contribution in [0.4, 0.5) is 0 Å². The quantitative estimate of drug-likeness (QED) is 0.427. The number of hydrogen-bond acceptors (Lipinski definition) is 4. The number of thioether (sulfide) groups is 1. The second kappa shape index (κ2) is 6.86. The number of nitrogens with one attached hydrogen (secondary N) is 1. The third-order valence-corrected chi connectivity index (χ3v) is 2.46. The van der Waals surface area contributed by atoms with Gasteiger partial charge >= 0.3 is 0 Å². The van der Waals surface area contributed by atoms with E-state index in [2.05, 4.69) is 22.2 Å². The van der Waals surface area contributed by atoms with Crippen molar-refractivity contribution in [3.05, 3.63) is 18.6 Å². The lowest BCUT2D eigenvalue weighted by Gasteiger charge is -2.01. The molecule has 0 radical (unpaired) electrons. The van der Waals surface area contributed by atoms with Gasteiger partial charge in [-0.1, -0.05) is 6.92 Å². The fourth-order valence-corrected chi connectivity index (χ4v) is 1.63. The fourth-order valence-electron chi connectivity index (χ4n) is 0.893. The lowest BCUT2D eigenvalue weighted by Crippen LogP contribution is -2.17. The van der Waals surface area contributed by atoms with Crippen LogP contribution in [0.3, 0.4) is 0 Å². The van der Waals surface area contributed by atoms with Gasteiger partial charge in [0.25, 0.3) is 0 Å². The Kier molecular flexibility index (Phi) is 5.52. The Morgan fingerprint density at radius 2 is 2.38 bits per heavy atom. The first-order valence-electron chi connectivity index (χ1n) is 4.53. The number of nitrogens with zero attached hydrogens (tertiary/aromatic N) is 2. The largest absolute Gasteiger partial charge is 0.316 e. The third kappa shape index (κ3) is 4.85. The molecular formula is C9H15N3S. The number of hydrogen-bond donors (Lipinski definition) is 1. The van der Waals surface area contributed by atoms with E-state index in [1.54, 1.807) is 24.3 Å². The zero-order chi connectivity index (χ0) is 9.36. The Bertz CT molecular complexity index is 215. The van der Waals surface area contributed by atoms with Crippen LogP contribution >= 0.6 is 11.8 Å². The van der Waals surface area contributed by atoms with Crippen molar-refractivity contribution in [2.75, 3.05) is 18.8 Å². The van der Waals surface area contributed by atoms with Crippen LogP contribution in [0.25, 0.3) is 0 Å². The molecule has 0 aliphatic carbocycles. The first-order valence-corrected chi connectivity index (χ1v) is 5.51. The normalized spacial score (nSPS) is 10.2. The third-order valence-electron chi connectivity index (χ3n) is 1.51. The number of aromatic nitrogens is 2. The van der Waals surface area contributed by atoms with E-state index in [1.165, 1.54) is 6.42 Å². The lowest BCUT2D eigenvalue weighted by atomic mass is 10.5. The molecule has 1 aromatic rings. The molecule has 72 valence electrons. The molecule has 1 rings (SSSR count). The van der Waals surface area contributed by atoms with Gasteiger partial charge in [-0.2, -0.15) is 0 Å². The van der Waals surface area contributed by atoms with Crippen LogP contribution in [0.15, 0.2) is 23.6 Å². The predicted molar refractivity (Wildman–Crippen MR) is 55.9 cm³/mol. The van der Waals surface area contributed by atoms with Gasteiger partial charge in [0.1, 0.15) is 6.33 Å². The monoisotopic (exact) mass is 197 g/mol. The molecule has 0 saturated heterocycles. The van der Waals surface area contributed by atoms with Gasteiger partial charge in [0.15, 0.2) is 0 Å². The smallest absolute Gasteiger partial charge is 0.116 e. The van der Waals surface area contributed by atoms with Crippen molar-refractivity contribution in [1.82, 2.24) is 15.3 Å². The molecule has 0 saturated carbocycles. The summed E-state index contributed by atoms with van der Waals surface area (Å²) in [5, 5.41) is 4.39. The van der Waals surface area contributed by atoms with Crippen molar-refractivity contribution in [2.24, 2.45) is 0 Å². The molecule has 0 bridgehead atoms. The standard InChI is InChI=1S/C9H15N3S/c1-2-4-10-6-7-13-9-3-5-11-8-12-9/h3,5,8,10H,2,4,6-7H2,1H3. The summed E-state index contributed by atoms with van der Waals surface area (Å²) in [6, 6.07) is 1.94. The van der Waals surface area contributed by atoms with Crippen molar-refractivity contribution < 1.29 is 0 Å². The molecule has 1 aromatic heterocycles. The molecule has 0 aromatic carbocycles. The van der Waals surface area contributed by atoms with E-state index in [-0.39, 0.29) is 0 Å². The molecule has 0 spiro atoms. The van der Waals surface area contributed by atoms with Gasteiger partial charge in [-0.25, -0.2) is 9.97 Å². The highest BCUT2D eigenvalue weighted by Crippen LogP contribution is 2.11. The molecule has 0 unspecified atom stereocenters. The Morgan fingerprint density at radius 1 is 1.46 bits per heavy atom. The molecule has 1 heterocycles. The van der Waals surface area contributed by atoms with Crippen molar-refractivity contribution in [1.29, 1.82) is 0 Å². The van der Waals surface area contributed by atoms with Crippen LogP contribution in [0.5, 0.6) is 0 Å². The summed E-state index contributed by atoms with van der Waals surface area (Å²) >= 11 is 1.76. The van der Waals surface area contributed by atoms with Gasteiger partial charge in [0, 0.05) is 18.5 Å². The minimum Gasteiger partial charge on any atom is -0.316 e. The van der Waals surface area contributed by atoms with Crippen molar-refractivity contribution >= 4 is 11.8 Å². The molecule has 0 atom stereocenters. The predicted octanol–water partition coefficient (Wildman–Crippen LogP) is 1.57. The van der Waals surface area contributed by atoms with Crippen molar-refractivity contribution in [2.45, 2.75) is 18.4 Å². The minimum absolute atomic E-state index is 1.04. The Morgan fingerprint density at radius 3 is 3.08 bits per heavy atom. The summed E-state index contributed by atoms with van der Waals surface area (Å²) in [6.45, 7) is 4.32. The summed E-state index contributed by atoms with van der Waals surface area (Å²) in [7, 11) is 0. The van der Waals surface area contributed by atoms with E-state index in [0.29, 0.717) is 0 Å². The van der Waals surface area contributed by atoms with E-state index in [4.69, 9.17) is 0 Å². The molecule has 4 heteroatoms. The summed E-state index contributed by atoms with van der Waals surface area (Å²) in [4.78, 5) is 7.98. The van der Waals surface area contributed by atoms with Crippen LogP contribution in [-0.4, -0.2) is 28.8 Å². The number of rotatable bonds is 6. The summed E-state index contributed by atoms with van der Waals surface area (Å²) in [6.07, 6.45) is 4.55. The molecular weight excluding hydrogens is 182 g/mol. The maximum Gasteiger partial charge on any atom is 0.116 e. The molecule has 1 N–H and O–H groups in total. The van der Waals surface area contributed by atoms with Gasteiger partial charge < -0.3 is 5.32 Å². The molecule has 0 fully saturated rings. The molecule has 13 heavy (non-hydrogen) atoms. The van der Waals surface area contributed by atoms with Gasteiger partial charge in [-0.3, -0.25) is 0 Å². The Balaban J connectivity index is 2.07. The summed E-state index contributed by atoms with van der Waals surface area (Å²) in [5.41, 5.74) is 0. The van der Waals surface area contributed by atoms with Crippen LogP contribution in [0, 0.1) is 0 Å². The topological polar surface area (TPSA) is 37.8 Å². The second-order valence-corrected chi connectivity index (χ2v) is 3.76. The average molecular weight is 197 g/mol. The molecule has 0 aliphatic heterocycles. The van der Waals surface area contributed by atoms with Gasteiger partial charge in [0.2, 0.25) is 0 Å².